The monoisotopic (exact) mass is 363 g/mol. The van der Waals surface area contributed by atoms with Crippen LogP contribution in [0.1, 0.15) is 30.6 Å². The first-order valence-electron chi connectivity index (χ1n) is 9.31. The first kappa shape index (κ1) is 17.7. The quantitative estimate of drug-likeness (QED) is 0.700. The van der Waals surface area contributed by atoms with Gasteiger partial charge in [0.1, 0.15) is 5.52 Å². The average Bonchev–Trinajstić information content (AvgIpc) is 3.18. The van der Waals surface area contributed by atoms with Crippen molar-refractivity contribution in [1.29, 1.82) is 0 Å². The van der Waals surface area contributed by atoms with Gasteiger partial charge in [-0.3, -0.25) is 0 Å². The van der Waals surface area contributed by atoms with Crippen molar-refractivity contribution in [2.24, 2.45) is 11.8 Å². The Morgan fingerprint density at radius 3 is 2.81 bits per heavy atom. The van der Waals surface area contributed by atoms with E-state index in [0.717, 1.165) is 23.3 Å². The Labute approximate surface area is 159 Å². The van der Waals surface area contributed by atoms with E-state index in [0.29, 0.717) is 25.0 Å². The van der Waals surface area contributed by atoms with E-state index in [-0.39, 0.29) is 12.0 Å². The van der Waals surface area contributed by atoms with Crippen LogP contribution in [0.4, 0.5) is 5.95 Å². The Morgan fingerprint density at radius 2 is 2.04 bits per heavy atom. The molecule has 1 aromatic carbocycles. The average molecular weight is 363 g/mol. The molecule has 0 bridgehead atoms. The number of fused-ring (bicyclic) bond motifs is 1. The fourth-order valence-corrected chi connectivity index (χ4v) is 4.03. The molecule has 27 heavy (non-hydrogen) atoms. The Balaban J connectivity index is 1.50. The highest BCUT2D eigenvalue weighted by atomic mass is 16.5. The molecular weight excluding hydrogens is 338 g/mol. The van der Waals surface area contributed by atoms with E-state index in [9.17, 15) is 0 Å². The van der Waals surface area contributed by atoms with Crippen LogP contribution in [-0.2, 0) is 11.3 Å². The Bertz CT molecular complexity index is 965. The summed E-state index contributed by atoms with van der Waals surface area (Å²) in [5.74, 6) is 1.08. The van der Waals surface area contributed by atoms with Crippen molar-refractivity contribution in [2.75, 3.05) is 12.3 Å². The van der Waals surface area contributed by atoms with Crippen LogP contribution in [0.25, 0.3) is 11.2 Å². The lowest BCUT2D eigenvalue weighted by atomic mass is 9.96. The van der Waals surface area contributed by atoms with Gasteiger partial charge in [0, 0.05) is 5.92 Å². The first-order valence-corrected chi connectivity index (χ1v) is 9.31. The number of nitrogen functional groups attached to an aromatic ring is 1. The summed E-state index contributed by atoms with van der Waals surface area (Å²) < 4.78 is 8.10. The van der Waals surface area contributed by atoms with Crippen LogP contribution in [-0.4, -0.2) is 26.1 Å². The lowest BCUT2D eigenvalue weighted by Crippen LogP contribution is -2.15. The number of imidazole rings is 1. The van der Waals surface area contributed by atoms with E-state index in [1.54, 1.807) is 0 Å². The SMILES string of the molecule is C=C1C(COCc2ccccc2)C(C)CC1n1cnc2c(C)nc(N)nc21. The predicted molar refractivity (Wildman–Crippen MR) is 106 cm³/mol. The molecule has 2 aromatic heterocycles. The number of hydrogen-bond acceptors (Lipinski definition) is 5. The molecule has 0 amide bonds. The number of ether oxygens (including phenoxy) is 1. The predicted octanol–water partition coefficient (Wildman–Crippen LogP) is 3.69. The maximum absolute atomic E-state index is 6.00. The van der Waals surface area contributed by atoms with E-state index in [1.807, 2.05) is 31.5 Å². The van der Waals surface area contributed by atoms with E-state index in [4.69, 9.17) is 10.5 Å². The Kier molecular flexibility index (Phi) is 4.66. The van der Waals surface area contributed by atoms with Crippen molar-refractivity contribution >= 4 is 17.1 Å². The third kappa shape index (κ3) is 3.32. The van der Waals surface area contributed by atoms with Gasteiger partial charge in [-0.2, -0.15) is 4.98 Å². The number of nitrogens with zero attached hydrogens (tertiary/aromatic N) is 4. The maximum atomic E-state index is 6.00. The number of aryl methyl sites for hydroxylation is 1. The van der Waals surface area contributed by atoms with Gasteiger partial charge in [-0.25, -0.2) is 9.97 Å². The van der Waals surface area contributed by atoms with Crippen molar-refractivity contribution in [3.8, 4) is 0 Å². The van der Waals surface area contributed by atoms with E-state index >= 15 is 0 Å². The summed E-state index contributed by atoms with van der Waals surface area (Å²) in [6, 6.07) is 10.4. The van der Waals surface area contributed by atoms with Gasteiger partial charge in [0.25, 0.3) is 0 Å². The Morgan fingerprint density at radius 1 is 1.26 bits per heavy atom. The van der Waals surface area contributed by atoms with Crippen LogP contribution in [0.3, 0.4) is 0 Å². The van der Waals surface area contributed by atoms with Crippen molar-refractivity contribution in [1.82, 2.24) is 19.5 Å². The highest BCUT2D eigenvalue weighted by Crippen LogP contribution is 2.44. The highest BCUT2D eigenvalue weighted by molar-refractivity contribution is 5.74. The van der Waals surface area contributed by atoms with Gasteiger partial charge in [0.15, 0.2) is 5.65 Å². The highest BCUT2D eigenvalue weighted by Gasteiger charge is 2.37. The van der Waals surface area contributed by atoms with Gasteiger partial charge in [-0.15, -0.1) is 0 Å². The third-order valence-electron chi connectivity index (χ3n) is 5.54. The minimum absolute atomic E-state index is 0.157. The fourth-order valence-electron chi connectivity index (χ4n) is 4.03. The number of anilines is 1. The summed E-state index contributed by atoms with van der Waals surface area (Å²) in [5.41, 5.74) is 10.6. The number of benzene rings is 1. The lowest BCUT2D eigenvalue weighted by molar-refractivity contribution is 0.0872. The molecule has 4 rings (SSSR count). The van der Waals surface area contributed by atoms with Crippen LogP contribution < -0.4 is 5.73 Å². The van der Waals surface area contributed by atoms with Crippen molar-refractivity contribution in [3.05, 3.63) is 60.1 Å². The molecule has 2 N–H and O–H groups in total. The number of nitrogens with two attached hydrogens (primary N) is 1. The van der Waals surface area contributed by atoms with Crippen molar-refractivity contribution < 1.29 is 4.74 Å². The molecule has 2 heterocycles. The summed E-state index contributed by atoms with van der Waals surface area (Å²) in [5, 5.41) is 0. The molecule has 140 valence electrons. The molecule has 0 aliphatic heterocycles. The van der Waals surface area contributed by atoms with Gasteiger partial charge in [-0.1, -0.05) is 43.8 Å². The van der Waals surface area contributed by atoms with Crippen molar-refractivity contribution in [2.45, 2.75) is 32.9 Å². The van der Waals surface area contributed by atoms with Gasteiger partial charge < -0.3 is 15.0 Å². The molecule has 1 aliphatic carbocycles. The van der Waals surface area contributed by atoms with Crippen LogP contribution in [0.5, 0.6) is 0 Å². The molecule has 3 atom stereocenters. The van der Waals surface area contributed by atoms with E-state index in [2.05, 4.69) is 45.2 Å². The summed E-state index contributed by atoms with van der Waals surface area (Å²) in [7, 11) is 0. The second-order valence-electron chi connectivity index (χ2n) is 7.40. The second kappa shape index (κ2) is 7.12. The minimum atomic E-state index is 0.157. The number of aromatic nitrogens is 4. The minimum Gasteiger partial charge on any atom is -0.376 e. The van der Waals surface area contributed by atoms with Crippen LogP contribution in [0.2, 0.25) is 0 Å². The molecule has 1 fully saturated rings. The van der Waals surface area contributed by atoms with Gasteiger partial charge in [0.2, 0.25) is 5.95 Å². The molecule has 6 heteroatoms. The summed E-state index contributed by atoms with van der Waals surface area (Å²) in [4.78, 5) is 13.1. The molecule has 0 saturated heterocycles. The van der Waals surface area contributed by atoms with Crippen LogP contribution >= 0.6 is 0 Å². The fraction of sp³-hybridized carbons (Fsp3) is 0.381. The van der Waals surface area contributed by atoms with Gasteiger partial charge >= 0.3 is 0 Å². The third-order valence-corrected chi connectivity index (χ3v) is 5.54. The topological polar surface area (TPSA) is 78.8 Å². The van der Waals surface area contributed by atoms with Gasteiger partial charge in [-0.05, 0) is 30.4 Å². The molecule has 3 aromatic rings. The zero-order valence-corrected chi connectivity index (χ0v) is 15.8. The normalized spacial score (nSPS) is 22.6. The molecular formula is C21H25N5O. The Hall–Kier alpha value is -2.73. The maximum Gasteiger partial charge on any atom is 0.222 e. The molecule has 0 spiro atoms. The smallest absolute Gasteiger partial charge is 0.222 e. The summed E-state index contributed by atoms with van der Waals surface area (Å²) in [6.45, 7) is 9.86. The molecule has 3 unspecified atom stereocenters. The largest absolute Gasteiger partial charge is 0.376 e. The van der Waals surface area contributed by atoms with Crippen LogP contribution in [0, 0.1) is 18.8 Å². The molecule has 6 nitrogen and oxygen atoms in total. The zero-order valence-electron chi connectivity index (χ0n) is 15.8. The summed E-state index contributed by atoms with van der Waals surface area (Å²) >= 11 is 0. The standard InChI is InChI=1S/C21H25N5O/c1-13-9-18(26-12-23-19-15(3)24-21(22)25-20(19)26)14(2)17(13)11-27-10-16-7-5-4-6-8-16/h4-8,12-13,17-18H,2,9-11H2,1,3H3,(H2,22,24,25). The van der Waals surface area contributed by atoms with Crippen molar-refractivity contribution in [3.63, 3.8) is 0 Å². The van der Waals surface area contributed by atoms with E-state index < -0.39 is 0 Å². The lowest BCUT2D eigenvalue weighted by Gasteiger charge is -2.18. The summed E-state index contributed by atoms with van der Waals surface area (Å²) in [6.07, 6.45) is 2.83. The van der Waals surface area contributed by atoms with E-state index in [1.165, 1.54) is 11.1 Å². The van der Waals surface area contributed by atoms with Gasteiger partial charge in [0.05, 0.1) is 31.3 Å². The molecule has 0 radical (unpaired) electrons. The number of hydrogen-bond donors (Lipinski definition) is 1. The molecule has 1 saturated carbocycles. The first-order chi connectivity index (χ1) is 13.0. The van der Waals surface area contributed by atoms with Crippen LogP contribution in [0.15, 0.2) is 48.8 Å². The number of rotatable bonds is 5. The zero-order chi connectivity index (χ0) is 19.0. The second-order valence-corrected chi connectivity index (χ2v) is 7.40. The molecule has 1 aliphatic rings.